The molecule has 5 heterocycles. The number of piperidine rings is 1. The Bertz CT molecular complexity index is 640. The van der Waals surface area contributed by atoms with Gasteiger partial charge < -0.3 is 10.2 Å². The Morgan fingerprint density at radius 1 is 1.40 bits per heavy atom. The summed E-state index contributed by atoms with van der Waals surface area (Å²) in [4.78, 5) is 3.79. The maximum atomic E-state index is 9.61. The summed E-state index contributed by atoms with van der Waals surface area (Å²) in [5.41, 5.74) is 4.69. The van der Waals surface area contributed by atoms with Gasteiger partial charge in [-0.05, 0) is 31.2 Å². The third-order valence-corrected chi connectivity index (χ3v) is 5.69. The molecule has 2 bridgehead atoms. The van der Waals surface area contributed by atoms with E-state index in [1.54, 1.807) is 11.3 Å². The van der Waals surface area contributed by atoms with Gasteiger partial charge in [-0.2, -0.15) is 5.26 Å². The molecule has 0 radical (unpaired) electrons. The lowest BCUT2D eigenvalue weighted by Gasteiger charge is -2.48. The zero-order valence-electron chi connectivity index (χ0n) is 11.5. The molecule has 1 saturated heterocycles. The number of hydrogen-bond donors (Lipinski definition) is 1. The molecule has 1 aromatic heterocycles. The van der Waals surface area contributed by atoms with Gasteiger partial charge in [0.2, 0.25) is 0 Å². The molecule has 4 heteroatoms. The fourth-order valence-corrected chi connectivity index (χ4v) is 4.63. The van der Waals surface area contributed by atoms with E-state index >= 15 is 0 Å². The molecule has 0 unspecified atom stereocenters. The van der Waals surface area contributed by atoms with Crippen LogP contribution in [0.1, 0.15) is 30.6 Å². The van der Waals surface area contributed by atoms with Crippen molar-refractivity contribution in [1.29, 1.82) is 5.26 Å². The third-order valence-electron chi connectivity index (χ3n) is 4.76. The molecule has 0 spiro atoms. The lowest BCUT2D eigenvalue weighted by Crippen LogP contribution is -2.47. The minimum atomic E-state index is 0.152. The highest BCUT2D eigenvalue weighted by Crippen LogP contribution is 2.47. The molecule has 5 rings (SSSR count). The summed E-state index contributed by atoms with van der Waals surface area (Å²) in [7, 11) is 0. The van der Waals surface area contributed by atoms with Gasteiger partial charge in [-0.1, -0.05) is 6.07 Å². The monoisotopic (exact) mass is 283 g/mol. The molecular weight excluding hydrogens is 266 g/mol. The van der Waals surface area contributed by atoms with Crippen LogP contribution in [0, 0.1) is 17.2 Å². The van der Waals surface area contributed by atoms with Crippen LogP contribution in [-0.2, 0) is 0 Å². The van der Waals surface area contributed by atoms with Gasteiger partial charge in [0.15, 0.2) is 0 Å². The molecule has 1 N–H and O–H groups in total. The van der Waals surface area contributed by atoms with Crippen molar-refractivity contribution in [2.45, 2.75) is 25.7 Å². The van der Waals surface area contributed by atoms with Crippen molar-refractivity contribution in [3.8, 4) is 6.07 Å². The second-order valence-electron chi connectivity index (χ2n) is 5.78. The van der Waals surface area contributed by atoms with E-state index in [1.165, 1.54) is 29.1 Å². The number of nitriles is 1. The fraction of sp³-hybridized carbons (Fsp3) is 0.438. The standard InChI is InChI=1S/C16H17N3S/c1-10-12(9-17)14(13-3-2-8-20-13)16-15(18-10)11-4-6-19(16)7-5-11/h2-3,8,11,14,18H,4-7H2,1H3/t14-/m1/s1. The second kappa shape index (κ2) is 4.39. The van der Waals surface area contributed by atoms with Crippen molar-refractivity contribution < 1.29 is 0 Å². The first kappa shape index (κ1) is 12.0. The fourth-order valence-electron chi connectivity index (χ4n) is 3.80. The van der Waals surface area contributed by atoms with Crippen LogP contribution in [0.25, 0.3) is 0 Å². The first-order valence-corrected chi connectivity index (χ1v) is 8.08. The Morgan fingerprint density at radius 3 is 2.85 bits per heavy atom. The first-order valence-electron chi connectivity index (χ1n) is 7.20. The summed E-state index contributed by atoms with van der Waals surface area (Å²) in [6.07, 6.45) is 2.50. The average Bonchev–Trinajstić information content (AvgIpc) is 3.00. The van der Waals surface area contributed by atoms with Crippen LogP contribution in [0.5, 0.6) is 0 Å². The predicted octanol–water partition coefficient (Wildman–Crippen LogP) is 3.17. The average molecular weight is 283 g/mol. The summed E-state index contributed by atoms with van der Waals surface area (Å²) in [6.45, 7) is 4.33. The zero-order valence-corrected chi connectivity index (χ0v) is 12.3. The van der Waals surface area contributed by atoms with Crippen molar-refractivity contribution >= 4 is 11.3 Å². The van der Waals surface area contributed by atoms with Gasteiger partial charge in [0.25, 0.3) is 0 Å². The smallest absolute Gasteiger partial charge is 0.0976 e. The molecule has 20 heavy (non-hydrogen) atoms. The number of hydrogen-bond acceptors (Lipinski definition) is 4. The van der Waals surface area contributed by atoms with Gasteiger partial charge in [-0.25, -0.2) is 0 Å². The quantitative estimate of drug-likeness (QED) is 0.860. The van der Waals surface area contributed by atoms with E-state index in [2.05, 4.69) is 33.8 Å². The number of allylic oxidation sites excluding steroid dienone is 3. The van der Waals surface area contributed by atoms with Gasteiger partial charge in [0, 0.05) is 41.0 Å². The van der Waals surface area contributed by atoms with Crippen molar-refractivity contribution in [1.82, 2.24) is 10.2 Å². The molecule has 0 aliphatic carbocycles. The summed E-state index contributed by atoms with van der Waals surface area (Å²) >= 11 is 1.76. The maximum Gasteiger partial charge on any atom is 0.0976 e. The van der Waals surface area contributed by atoms with E-state index in [-0.39, 0.29) is 5.92 Å². The highest BCUT2D eigenvalue weighted by atomic mass is 32.1. The lowest BCUT2D eigenvalue weighted by atomic mass is 9.78. The molecule has 3 nitrogen and oxygen atoms in total. The molecule has 1 fully saturated rings. The van der Waals surface area contributed by atoms with E-state index in [0.717, 1.165) is 24.4 Å². The molecule has 0 amide bonds. The summed E-state index contributed by atoms with van der Waals surface area (Å²) in [5.74, 6) is 0.812. The van der Waals surface area contributed by atoms with Crippen molar-refractivity contribution in [2.24, 2.45) is 5.92 Å². The van der Waals surface area contributed by atoms with Crippen LogP contribution in [-0.4, -0.2) is 18.0 Å². The Hall–Kier alpha value is -1.73. The minimum Gasteiger partial charge on any atom is -0.373 e. The predicted molar refractivity (Wildman–Crippen MR) is 79.8 cm³/mol. The SMILES string of the molecule is CC1=C(C#N)[C@H](c2cccs2)C2=C(N1)C1CCN2CC1. The normalized spacial score (nSPS) is 25.6. The Balaban J connectivity index is 1.90. The summed E-state index contributed by atoms with van der Waals surface area (Å²) < 4.78 is 0. The number of rotatable bonds is 1. The molecule has 1 aromatic rings. The highest BCUT2D eigenvalue weighted by molar-refractivity contribution is 7.10. The molecular formula is C16H17N3S. The van der Waals surface area contributed by atoms with Crippen LogP contribution in [0.3, 0.4) is 0 Å². The minimum absolute atomic E-state index is 0.152. The second-order valence-corrected chi connectivity index (χ2v) is 6.76. The van der Waals surface area contributed by atoms with Crippen molar-refractivity contribution in [3.63, 3.8) is 0 Å². The van der Waals surface area contributed by atoms with Crippen molar-refractivity contribution in [2.75, 3.05) is 13.1 Å². The number of fused-ring (bicyclic) bond motifs is 2. The molecule has 4 aliphatic heterocycles. The summed E-state index contributed by atoms with van der Waals surface area (Å²) in [6, 6.07) is 6.70. The van der Waals surface area contributed by atoms with Gasteiger partial charge in [0.1, 0.15) is 0 Å². The highest BCUT2D eigenvalue weighted by Gasteiger charge is 2.41. The topological polar surface area (TPSA) is 39.1 Å². The van der Waals surface area contributed by atoms with Crippen LogP contribution in [0.15, 0.2) is 40.2 Å². The molecule has 4 aliphatic rings. The number of dihydropyridines is 1. The Morgan fingerprint density at radius 2 is 2.20 bits per heavy atom. The number of nitrogens with zero attached hydrogens (tertiary/aromatic N) is 2. The number of nitrogens with one attached hydrogen (secondary N) is 1. The van der Waals surface area contributed by atoms with Gasteiger partial charge in [-0.3, -0.25) is 0 Å². The Labute approximate surface area is 123 Å². The van der Waals surface area contributed by atoms with E-state index in [1.807, 2.05) is 6.92 Å². The molecule has 102 valence electrons. The van der Waals surface area contributed by atoms with E-state index in [9.17, 15) is 5.26 Å². The van der Waals surface area contributed by atoms with Crippen LogP contribution in [0.4, 0.5) is 0 Å². The molecule has 0 saturated carbocycles. The van der Waals surface area contributed by atoms with Gasteiger partial charge in [0.05, 0.1) is 17.6 Å². The van der Waals surface area contributed by atoms with Gasteiger partial charge in [-0.15, -0.1) is 11.3 Å². The lowest BCUT2D eigenvalue weighted by molar-refractivity contribution is 0.187. The van der Waals surface area contributed by atoms with Crippen LogP contribution >= 0.6 is 11.3 Å². The van der Waals surface area contributed by atoms with Crippen LogP contribution in [0.2, 0.25) is 0 Å². The van der Waals surface area contributed by atoms with E-state index in [0.29, 0.717) is 5.92 Å². The largest absolute Gasteiger partial charge is 0.373 e. The Kier molecular flexibility index (Phi) is 2.64. The first-order chi connectivity index (χ1) is 9.79. The summed E-state index contributed by atoms with van der Waals surface area (Å²) in [5, 5.41) is 15.3. The van der Waals surface area contributed by atoms with E-state index < -0.39 is 0 Å². The molecule has 0 aromatic carbocycles. The van der Waals surface area contributed by atoms with Crippen LogP contribution < -0.4 is 5.32 Å². The van der Waals surface area contributed by atoms with Crippen molar-refractivity contribution in [3.05, 3.63) is 45.1 Å². The third kappa shape index (κ3) is 1.56. The molecule has 1 atom stereocenters. The zero-order chi connectivity index (χ0) is 13.7. The van der Waals surface area contributed by atoms with Gasteiger partial charge >= 0.3 is 0 Å². The van der Waals surface area contributed by atoms with E-state index in [4.69, 9.17) is 0 Å². The maximum absolute atomic E-state index is 9.61. The number of thiophene rings is 1.